The van der Waals surface area contributed by atoms with E-state index in [4.69, 9.17) is 10.2 Å². The summed E-state index contributed by atoms with van der Waals surface area (Å²) in [4.78, 5) is 9.12. The molecule has 0 atom stereocenters. The van der Waals surface area contributed by atoms with Gasteiger partial charge in [0, 0.05) is 6.54 Å². The van der Waals surface area contributed by atoms with Gasteiger partial charge in [-0.2, -0.15) is 14.6 Å². The summed E-state index contributed by atoms with van der Waals surface area (Å²) < 4.78 is 8.80. The van der Waals surface area contributed by atoms with Crippen molar-refractivity contribution in [1.29, 1.82) is 0 Å². The molecule has 5 rings (SSSR count). The third kappa shape index (κ3) is 3.30. The van der Waals surface area contributed by atoms with Crippen molar-refractivity contribution < 1.29 is 4.42 Å². The zero-order valence-electron chi connectivity index (χ0n) is 17.0. The Morgan fingerprint density at radius 1 is 1.03 bits per heavy atom. The van der Waals surface area contributed by atoms with Crippen molar-refractivity contribution >= 4 is 22.6 Å². The summed E-state index contributed by atoms with van der Waals surface area (Å²) in [5.41, 5.74) is 10.1. The summed E-state index contributed by atoms with van der Waals surface area (Å²) in [5.74, 6) is 1.97. The monoisotopic (exact) mass is 401 g/mol. The topological polar surface area (TPSA) is 100 Å². The summed E-state index contributed by atoms with van der Waals surface area (Å²) in [6, 6.07) is 12.4. The van der Waals surface area contributed by atoms with Crippen LogP contribution in [0.2, 0.25) is 0 Å². The van der Waals surface area contributed by atoms with E-state index in [2.05, 4.69) is 58.3 Å². The molecule has 1 aromatic carbocycles. The number of nitrogen functional groups attached to an aromatic ring is 1. The van der Waals surface area contributed by atoms with E-state index in [0.29, 0.717) is 35.3 Å². The molecule has 0 bridgehead atoms. The van der Waals surface area contributed by atoms with E-state index in [-0.39, 0.29) is 5.95 Å². The predicted octanol–water partition coefficient (Wildman–Crippen LogP) is 3.76. The molecule has 4 heterocycles. The number of nitrogens with two attached hydrogens (primary N) is 1. The fraction of sp³-hybridized carbons (Fsp3) is 0.273. The number of hydrogen-bond acceptors (Lipinski definition) is 6. The molecule has 8 heteroatoms. The lowest BCUT2D eigenvalue weighted by Gasteiger charge is -2.07. The molecular weight excluding hydrogens is 378 g/mol. The zero-order valence-corrected chi connectivity index (χ0v) is 17.0. The first-order valence-electron chi connectivity index (χ1n) is 10.1. The number of hydrogen-bond donors (Lipinski definition) is 1. The first-order chi connectivity index (χ1) is 14.6. The highest BCUT2D eigenvalue weighted by atomic mass is 16.3. The minimum atomic E-state index is 0.266. The molecule has 152 valence electrons. The van der Waals surface area contributed by atoms with Crippen LogP contribution >= 0.6 is 0 Å². The van der Waals surface area contributed by atoms with Crippen molar-refractivity contribution in [2.45, 2.75) is 33.2 Å². The molecule has 0 amide bonds. The molecule has 0 aliphatic rings. The largest absolute Gasteiger partial charge is 0.461 e. The Morgan fingerprint density at radius 2 is 1.83 bits per heavy atom. The van der Waals surface area contributed by atoms with Crippen LogP contribution in [0.5, 0.6) is 0 Å². The molecule has 5 aromatic rings. The Labute approximate surface area is 173 Å². The first-order valence-corrected chi connectivity index (χ1v) is 10.1. The van der Waals surface area contributed by atoms with Crippen molar-refractivity contribution in [2.24, 2.45) is 5.92 Å². The molecule has 0 saturated carbocycles. The predicted molar refractivity (Wildman–Crippen MR) is 115 cm³/mol. The molecule has 0 saturated heterocycles. The molecule has 0 aliphatic carbocycles. The number of benzene rings is 1. The van der Waals surface area contributed by atoms with Gasteiger partial charge in [0.25, 0.3) is 0 Å². The maximum absolute atomic E-state index is 6.16. The summed E-state index contributed by atoms with van der Waals surface area (Å²) in [6.45, 7) is 5.17. The van der Waals surface area contributed by atoms with Gasteiger partial charge in [-0.3, -0.25) is 0 Å². The molecule has 0 aliphatic heterocycles. The number of nitrogens with zero attached hydrogens (tertiary/aromatic N) is 6. The number of rotatable bonds is 6. The molecule has 0 fully saturated rings. The maximum atomic E-state index is 6.16. The molecule has 8 nitrogen and oxygen atoms in total. The van der Waals surface area contributed by atoms with E-state index in [1.54, 1.807) is 18.5 Å². The summed E-state index contributed by atoms with van der Waals surface area (Å²) in [6.07, 6.45) is 5.31. The van der Waals surface area contributed by atoms with Gasteiger partial charge in [-0.05, 0) is 42.0 Å². The van der Waals surface area contributed by atoms with Crippen LogP contribution in [0.4, 0.5) is 5.95 Å². The Morgan fingerprint density at radius 3 is 2.57 bits per heavy atom. The Kier molecular flexibility index (Phi) is 4.46. The van der Waals surface area contributed by atoms with Gasteiger partial charge < -0.3 is 10.2 Å². The van der Waals surface area contributed by atoms with Crippen LogP contribution in [-0.2, 0) is 19.4 Å². The van der Waals surface area contributed by atoms with E-state index < -0.39 is 0 Å². The highest BCUT2D eigenvalue weighted by Gasteiger charge is 2.17. The standard InChI is InChI=1S/C22H23N7O/c1-14(2)12-16-7-5-15(6-8-16)9-10-28-20-17(13-24-28)21-25-19(18-4-3-11-30-18)27-29(21)22(23)26-20/h3-8,11,13-14H,9-10,12H2,1-2H3,(H2,23,26). The average Bonchev–Trinajstić information content (AvgIpc) is 3.46. The molecule has 30 heavy (non-hydrogen) atoms. The first kappa shape index (κ1) is 18.4. The van der Waals surface area contributed by atoms with Gasteiger partial charge in [0.15, 0.2) is 17.1 Å². The molecule has 0 spiro atoms. The third-order valence-electron chi connectivity index (χ3n) is 5.12. The Balaban J connectivity index is 1.43. The number of aromatic nitrogens is 6. The maximum Gasteiger partial charge on any atom is 0.225 e. The minimum absolute atomic E-state index is 0.266. The normalized spacial score (nSPS) is 11.8. The summed E-state index contributed by atoms with van der Waals surface area (Å²) in [7, 11) is 0. The van der Waals surface area contributed by atoms with Gasteiger partial charge in [0.2, 0.25) is 11.8 Å². The van der Waals surface area contributed by atoms with Crippen molar-refractivity contribution in [1.82, 2.24) is 29.4 Å². The number of fused-ring (bicyclic) bond motifs is 3. The minimum Gasteiger partial charge on any atom is -0.461 e. The van der Waals surface area contributed by atoms with Crippen LogP contribution < -0.4 is 5.73 Å². The molecule has 2 N–H and O–H groups in total. The van der Waals surface area contributed by atoms with Crippen LogP contribution in [0.15, 0.2) is 53.3 Å². The van der Waals surface area contributed by atoms with E-state index >= 15 is 0 Å². The Hall–Kier alpha value is -3.68. The van der Waals surface area contributed by atoms with Gasteiger partial charge in [0.1, 0.15) is 0 Å². The van der Waals surface area contributed by atoms with E-state index in [1.165, 1.54) is 15.6 Å². The van der Waals surface area contributed by atoms with Crippen LogP contribution in [0.25, 0.3) is 28.3 Å². The fourth-order valence-corrected chi connectivity index (χ4v) is 3.68. The summed E-state index contributed by atoms with van der Waals surface area (Å²) >= 11 is 0. The van der Waals surface area contributed by atoms with Crippen molar-refractivity contribution in [3.63, 3.8) is 0 Å². The van der Waals surface area contributed by atoms with Crippen LogP contribution in [-0.4, -0.2) is 29.4 Å². The van der Waals surface area contributed by atoms with Gasteiger partial charge in [-0.1, -0.05) is 38.1 Å². The smallest absolute Gasteiger partial charge is 0.225 e. The van der Waals surface area contributed by atoms with Crippen LogP contribution in [0.1, 0.15) is 25.0 Å². The van der Waals surface area contributed by atoms with Gasteiger partial charge in [0.05, 0.1) is 17.8 Å². The quantitative estimate of drug-likeness (QED) is 0.465. The zero-order chi connectivity index (χ0) is 20.7. The van der Waals surface area contributed by atoms with Gasteiger partial charge in [-0.15, -0.1) is 5.10 Å². The van der Waals surface area contributed by atoms with Crippen LogP contribution in [0.3, 0.4) is 0 Å². The molecule has 0 unspecified atom stereocenters. The van der Waals surface area contributed by atoms with Crippen molar-refractivity contribution in [3.8, 4) is 11.6 Å². The lowest BCUT2D eigenvalue weighted by molar-refractivity contribution is 0.577. The lowest BCUT2D eigenvalue weighted by atomic mass is 10.0. The second-order valence-corrected chi connectivity index (χ2v) is 7.89. The third-order valence-corrected chi connectivity index (χ3v) is 5.12. The van der Waals surface area contributed by atoms with Crippen molar-refractivity contribution in [2.75, 3.05) is 5.73 Å². The SMILES string of the molecule is CC(C)Cc1ccc(CCn2ncc3c2nc(N)n2nc(-c4ccco4)nc32)cc1. The number of furan rings is 1. The van der Waals surface area contributed by atoms with Gasteiger partial charge >= 0.3 is 0 Å². The summed E-state index contributed by atoms with van der Waals surface area (Å²) in [5, 5.41) is 9.76. The lowest BCUT2D eigenvalue weighted by Crippen LogP contribution is -2.07. The second-order valence-electron chi connectivity index (χ2n) is 7.89. The average molecular weight is 401 g/mol. The van der Waals surface area contributed by atoms with E-state index in [1.807, 2.05) is 10.7 Å². The van der Waals surface area contributed by atoms with E-state index in [0.717, 1.165) is 18.2 Å². The number of aryl methyl sites for hydroxylation is 2. The molecule has 4 aromatic heterocycles. The second kappa shape index (κ2) is 7.29. The van der Waals surface area contributed by atoms with Gasteiger partial charge in [-0.25, -0.2) is 9.67 Å². The highest BCUT2D eigenvalue weighted by molar-refractivity contribution is 5.90. The Bertz CT molecular complexity index is 1300. The highest BCUT2D eigenvalue weighted by Crippen LogP contribution is 2.23. The fourth-order valence-electron chi connectivity index (χ4n) is 3.68. The van der Waals surface area contributed by atoms with Crippen LogP contribution in [0, 0.1) is 5.92 Å². The van der Waals surface area contributed by atoms with Crippen molar-refractivity contribution in [3.05, 3.63) is 60.0 Å². The van der Waals surface area contributed by atoms with E-state index in [9.17, 15) is 0 Å². The molecular formula is C22H23N7O. The number of anilines is 1. The molecule has 0 radical (unpaired) electrons.